The van der Waals surface area contributed by atoms with E-state index in [1.165, 1.54) is 4.90 Å². The van der Waals surface area contributed by atoms with Crippen LogP contribution in [0.3, 0.4) is 0 Å². The second-order valence-electron chi connectivity index (χ2n) is 7.35. The van der Waals surface area contributed by atoms with E-state index in [0.717, 1.165) is 0 Å². The maximum Gasteiger partial charge on any atom is 0.276 e. The van der Waals surface area contributed by atoms with Crippen molar-refractivity contribution in [3.8, 4) is 0 Å². The highest BCUT2D eigenvalue weighted by atomic mass is 32.2. The molecule has 3 saturated heterocycles. The Morgan fingerprint density at radius 1 is 1.39 bits per heavy atom. The summed E-state index contributed by atoms with van der Waals surface area (Å²) in [7, 11) is 0. The molecule has 8 heteroatoms. The highest BCUT2D eigenvalue weighted by Crippen LogP contribution is 2.47. The first-order chi connectivity index (χ1) is 10.6. The minimum Gasteiger partial charge on any atom is -0.347 e. The van der Waals surface area contributed by atoms with Gasteiger partial charge in [-0.2, -0.15) is 0 Å². The summed E-state index contributed by atoms with van der Waals surface area (Å²) in [5.41, 5.74) is 4.60. The van der Waals surface area contributed by atoms with Crippen LogP contribution in [0, 0.1) is 11.8 Å². The van der Waals surface area contributed by atoms with Crippen molar-refractivity contribution in [2.24, 2.45) is 17.6 Å². The molecule has 130 valence electrons. The third-order valence-electron chi connectivity index (χ3n) is 4.97. The predicted molar refractivity (Wildman–Crippen MR) is 85.8 cm³/mol. The van der Waals surface area contributed by atoms with Crippen molar-refractivity contribution in [3.05, 3.63) is 0 Å². The van der Waals surface area contributed by atoms with Crippen molar-refractivity contribution in [1.82, 2.24) is 9.80 Å². The first kappa shape index (κ1) is 17.0. The SMILES string of the molecule is CC(C)C[C@H]1C(=O)N2CSC[C@@H]2[C@]2(O)O[C@](N)(C(C)C)C(=O)N12. The van der Waals surface area contributed by atoms with E-state index in [4.69, 9.17) is 10.5 Å². The lowest BCUT2D eigenvalue weighted by molar-refractivity contribution is -0.316. The standard InChI is InChI=1S/C15H25N3O4S/c1-8(2)5-10-12(19)17-7-23-6-11(17)15(21)18(10)13(20)14(16,22-15)9(3)4/h8-11,21H,5-7,16H2,1-4H3/t10-,11+,14+,15-/m0/s1. The van der Waals surface area contributed by atoms with E-state index in [1.54, 1.807) is 30.5 Å². The normalized spacial score (nSPS) is 40.3. The van der Waals surface area contributed by atoms with Crippen LogP contribution < -0.4 is 5.73 Å². The number of fused-ring (bicyclic) bond motifs is 3. The van der Waals surface area contributed by atoms with Gasteiger partial charge in [0.05, 0.1) is 5.88 Å². The Bertz CT molecular complexity index is 543. The molecule has 4 atom stereocenters. The van der Waals surface area contributed by atoms with Crippen LogP contribution in [0.1, 0.15) is 34.1 Å². The molecule has 0 unspecified atom stereocenters. The van der Waals surface area contributed by atoms with E-state index < -0.39 is 29.6 Å². The third-order valence-corrected chi connectivity index (χ3v) is 5.98. The molecular weight excluding hydrogens is 318 g/mol. The fraction of sp³-hybridized carbons (Fsp3) is 0.867. The number of aliphatic hydroxyl groups is 1. The van der Waals surface area contributed by atoms with Gasteiger partial charge in [-0.1, -0.05) is 27.7 Å². The van der Waals surface area contributed by atoms with Crippen LogP contribution in [-0.4, -0.2) is 62.1 Å². The van der Waals surface area contributed by atoms with Crippen molar-refractivity contribution >= 4 is 23.6 Å². The molecule has 2 amide bonds. The van der Waals surface area contributed by atoms with E-state index in [-0.39, 0.29) is 17.7 Å². The molecule has 0 saturated carbocycles. The Balaban J connectivity index is 2.08. The molecule has 3 heterocycles. The van der Waals surface area contributed by atoms with Gasteiger partial charge in [-0.15, -0.1) is 11.8 Å². The first-order valence-electron chi connectivity index (χ1n) is 8.06. The second-order valence-corrected chi connectivity index (χ2v) is 8.35. The van der Waals surface area contributed by atoms with Crippen molar-refractivity contribution in [3.63, 3.8) is 0 Å². The average molecular weight is 343 g/mol. The van der Waals surface area contributed by atoms with Crippen LogP contribution in [0.25, 0.3) is 0 Å². The average Bonchev–Trinajstić information content (AvgIpc) is 3.00. The molecule has 7 nitrogen and oxygen atoms in total. The maximum absolute atomic E-state index is 13.0. The minimum absolute atomic E-state index is 0.122. The van der Waals surface area contributed by atoms with Crippen LogP contribution in [0.15, 0.2) is 0 Å². The molecule has 0 radical (unpaired) electrons. The zero-order chi connectivity index (χ0) is 17.2. The number of hydrogen-bond donors (Lipinski definition) is 2. The maximum atomic E-state index is 13.0. The number of ether oxygens (including phenoxy) is 1. The topological polar surface area (TPSA) is 96.1 Å². The lowest BCUT2D eigenvalue weighted by Crippen LogP contribution is -2.72. The van der Waals surface area contributed by atoms with E-state index in [0.29, 0.717) is 18.1 Å². The molecule has 0 aromatic carbocycles. The number of carbonyl (C=O) groups is 2. The highest BCUT2D eigenvalue weighted by molar-refractivity contribution is 7.99. The lowest BCUT2D eigenvalue weighted by Gasteiger charge is -2.48. The summed E-state index contributed by atoms with van der Waals surface area (Å²) in [6.07, 6.45) is 0.471. The van der Waals surface area contributed by atoms with Gasteiger partial charge in [0.15, 0.2) is 0 Å². The van der Waals surface area contributed by atoms with Gasteiger partial charge in [-0.3, -0.25) is 25.0 Å². The molecule has 0 aromatic rings. The number of rotatable bonds is 3. The predicted octanol–water partition coefficient (Wildman–Crippen LogP) is 0.132. The summed E-state index contributed by atoms with van der Waals surface area (Å²) in [5.74, 6) is -1.55. The van der Waals surface area contributed by atoms with Gasteiger partial charge in [0.1, 0.15) is 12.1 Å². The summed E-state index contributed by atoms with van der Waals surface area (Å²) >= 11 is 1.55. The number of nitrogens with zero attached hydrogens (tertiary/aromatic N) is 2. The van der Waals surface area contributed by atoms with Crippen molar-refractivity contribution in [2.45, 2.75) is 57.8 Å². The first-order valence-corrected chi connectivity index (χ1v) is 9.21. The molecule has 3 aliphatic rings. The van der Waals surface area contributed by atoms with Crippen LogP contribution >= 0.6 is 11.8 Å². The third kappa shape index (κ3) is 2.22. The fourth-order valence-electron chi connectivity index (χ4n) is 3.56. The Morgan fingerprint density at radius 2 is 2.04 bits per heavy atom. The van der Waals surface area contributed by atoms with Gasteiger partial charge in [-0.25, -0.2) is 0 Å². The summed E-state index contributed by atoms with van der Waals surface area (Å²) in [6, 6.07) is -1.30. The molecule has 3 aliphatic heterocycles. The number of hydrogen-bond acceptors (Lipinski definition) is 6. The lowest BCUT2D eigenvalue weighted by atomic mass is 9.94. The van der Waals surface area contributed by atoms with Gasteiger partial charge in [0, 0.05) is 11.7 Å². The molecule has 23 heavy (non-hydrogen) atoms. The fourth-order valence-corrected chi connectivity index (χ4v) is 4.79. The zero-order valence-electron chi connectivity index (χ0n) is 14.0. The van der Waals surface area contributed by atoms with Crippen LogP contribution in [0.2, 0.25) is 0 Å². The molecule has 0 bridgehead atoms. The Morgan fingerprint density at radius 3 is 2.61 bits per heavy atom. The Labute approximate surface area is 140 Å². The molecule has 3 fully saturated rings. The number of amides is 2. The summed E-state index contributed by atoms with van der Waals surface area (Å²) in [4.78, 5) is 28.7. The van der Waals surface area contributed by atoms with Crippen molar-refractivity contribution in [2.75, 3.05) is 11.6 Å². The smallest absolute Gasteiger partial charge is 0.276 e. The van der Waals surface area contributed by atoms with Gasteiger partial charge < -0.3 is 10.0 Å². The highest BCUT2D eigenvalue weighted by Gasteiger charge is 2.70. The monoisotopic (exact) mass is 343 g/mol. The zero-order valence-corrected chi connectivity index (χ0v) is 14.8. The number of thioether (sulfide) groups is 1. The van der Waals surface area contributed by atoms with Crippen molar-refractivity contribution in [1.29, 1.82) is 0 Å². The summed E-state index contributed by atoms with van der Waals surface area (Å²) < 4.78 is 5.79. The summed E-state index contributed by atoms with van der Waals surface area (Å²) in [6.45, 7) is 7.52. The molecule has 0 spiro atoms. The number of carbonyl (C=O) groups excluding carboxylic acids is 2. The largest absolute Gasteiger partial charge is 0.347 e. The quantitative estimate of drug-likeness (QED) is 0.756. The minimum atomic E-state index is -1.84. The van der Waals surface area contributed by atoms with E-state index >= 15 is 0 Å². The molecular formula is C15H25N3O4S. The van der Waals surface area contributed by atoms with Gasteiger partial charge in [0.2, 0.25) is 11.6 Å². The molecule has 0 aromatic heterocycles. The van der Waals surface area contributed by atoms with E-state index in [9.17, 15) is 14.7 Å². The Hall–Kier alpha value is -0.830. The van der Waals surface area contributed by atoms with E-state index in [1.807, 2.05) is 13.8 Å². The molecule has 3 rings (SSSR count). The number of piperazine rings is 1. The van der Waals surface area contributed by atoms with Crippen LogP contribution in [-0.2, 0) is 14.3 Å². The van der Waals surface area contributed by atoms with E-state index in [2.05, 4.69) is 0 Å². The van der Waals surface area contributed by atoms with Crippen LogP contribution in [0.4, 0.5) is 0 Å². The number of nitrogens with two attached hydrogens (primary N) is 1. The second kappa shape index (κ2) is 5.34. The molecule has 3 N–H and O–H groups in total. The van der Waals surface area contributed by atoms with Gasteiger partial charge in [0.25, 0.3) is 11.8 Å². The molecule has 0 aliphatic carbocycles. The summed E-state index contributed by atoms with van der Waals surface area (Å²) in [5, 5.41) is 11.2. The van der Waals surface area contributed by atoms with Gasteiger partial charge >= 0.3 is 0 Å². The van der Waals surface area contributed by atoms with Crippen LogP contribution in [0.5, 0.6) is 0 Å². The van der Waals surface area contributed by atoms with Gasteiger partial charge in [-0.05, 0) is 12.3 Å². The Kier molecular flexibility index (Phi) is 3.95. The van der Waals surface area contributed by atoms with Crippen molar-refractivity contribution < 1.29 is 19.4 Å².